The average molecular weight is 504 g/mol. The van der Waals surface area contributed by atoms with Gasteiger partial charge in [0.1, 0.15) is 12.0 Å². The maximum Gasteiger partial charge on any atom is 0.305 e. The second-order valence-corrected chi connectivity index (χ2v) is 9.39. The van der Waals surface area contributed by atoms with Crippen molar-refractivity contribution >= 4 is 12.0 Å². The van der Waals surface area contributed by atoms with E-state index in [0.717, 1.165) is 11.3 Å². The molecule has 1 heterocycles. The average Bonchev–Trinajstić information content (AvgIpc) is 3.21. The fraction of sp³-hybridized carbons (Fsp3) is 0.500. The minimum atomic E-state index is -1.07. The second kappa shape index (κ2) is 15.4. The zero-order valence-corrected chi connectivity index (χ0v) is 22.0. The maximum atomic E-state index is 10.7. The predicted molar refractivity (Wildman–Crippen MR) is 140 cm³/mol. The quantitative estimate of drug-likeness (QED) is 0.240. The van der Waals surface area contributed by atoms with Gasteiger partial charge >= 0.3 is 5.97 Å². The number of aliphatic carboxylic acids is 1. The van der Waals surface area contributed by atoms with Crippen LogP contribution in [0.5, 0.6) is 0 Å². The summed E-state index contributed by atoms with van der Waals surface area (Å²) in [4.78, 5) is 14.9. The fourth-order valence-corrected chi connectivity index (χ4v) is 3.42. The molecular weight excluding hydrogens is 462 g/mol. The minimum Gasteiger partial charge on any atom is -0.481 e. The summed E-state index contributed by atoms with van der Waals surface area (Å²) in [6.45, 7) is 10.6. The SMILES string of the molecule is CC(C=CC=C(C)C(O)C(C)C(O)CC(O)C(C)=CC=CC(C)C(O)CC(=O)O)=Cc1coc(C)n1. The van der Waals surface area contributed by atoms with Crippen molar-refractivity contribution in [1.29, 1.82) is 0 Å². The van der Waals surface area contributed by atoms with Crippen molar-refractivity contribution in [2.45, 2.75) is 78.8 Å². The molecule has 0 aliphatic rings. The Bertz CT molecular complexity index is 986. The van der Waals surface area contributed by atoms with E-state index in [-0.39, 0.29) is 18.8 Å². The number of rotatable bonds is 14. The molecule has 0 saturated carbocycles. The van der Waals surface area contributed by atoms with E-state index < -0.39 is 36.3 Å². The highest BCUT2D eigenvalue weighted by Crippen LogP contribution is 2.21. The number of carbonyl (C=O) groups is 1. The molecule has 5 N–H and O–H groups in total. The first kappa shape index (κ1) is 31.3. The Labute approximate surface area is 213 Å². The molecule has 8 nitrogen and oxygen atoms in total. The molecule has 200 valence electrons. The van der Waals surface area contributed by atoms with Crippen molar-refractivity contribution in [2.75, 3.05) is 0 Å². The van der Waals surface area contributed by atoms with Gasteiger partial charge in [-0.3, -0.25) is 4.79 Å². The molecule has 1 rings (SSSR count). The molecule has 0 aliphatic carbocycles. The van der Waals surface area contributed by atoms with E-state index in [1.54, 1.807) is 65.2 Å². The van der Waals surface area contributed by atoms with Crippen LogP contribution in [0.1, 0.15) is 59.0 Å². The van der Waals surface area contributed by atoms with E-state index in [2.05, 4.69) is 4.98 Å². The van der Waals surface area contributed by atoms with E-state index in [0.29, 0.717) is 17.0 Å². The fourth-order valence-electron chi connectivity index (χ4n) is 3.42. The molecule has 6 unspecified atom stereocenters. The van der Waals surface area contributed by atoms with E-state index in [4.69, 9.17) is 9.52 Å². The van der Waals surface area contributed by atoms with Crippen LogP contribution >= 0.6 is 0 Å². The summed E-state index contributed by atoms with van der Waals surface area (Å²) in [5, 5.41) is 50.3. The highest BCUT2D eigenvalue weighted by molar-refractivity contribution is 5.67. The van der Waals surface area contributed by atoms with Crippen molar-refractivity contribution in [3.63, 3.8) is 0 Å². The highest BCUT2D eigenvalue weighted by Gasteiger charge is 2.26. The van der Waals surface area contributed by atoms with E-state index in [1.165, 1.54) is 0 Å². The number of aromatic nitrogens is 1. The Balaban J connectivity index is 2.65. The smallest absolute Gasteiger partial charge is 0.305 e. The van der Waals surface area contributed by atoms with Crippen LogP contribution in [0.2, 0.25) is 0 Å². The Kier molecular flexibility index (Phi) is 13.3. The zero-order chi connectivity index (χ0) is 27.4. The molecule has 0 aromatic carbocycles. The zero-order valence-electron chi connectivity index (χ0n) is 22.0. The Hall–Kier alpha value is -2.78. The van der Waals surface area contributed by atoms with Gasteiger partial charge in [-0.15, -0.1) is 0 Å². The first-order valence-corrected chi connectivity index (χ1v) is 12.1. The van der Waals surface area contributed by atoms with Gasteiger partial charge in [0, 0.05) is 25.2 Å². The summed E-state index contributed by atoms with van der Waals surface area (Å²) in [5.74, 6) is -1.34. The van der Waals surface area contributed by atoms with Crippen molar-refractivity contribution in [3.8, 4) is 0 Å². The Morgan fingerprint density at radius 2 is 1.67 bits per heavy atom. The summed E-state index contributed by atoms with van der Waals surface area (Å²) < 4.78 is 5.18. The third-order valence-corrected chi connectivity index (χ3v) is 6.06. The van der Waals surface area contributed by atoms with Crippen LogP contribution in [-0.2, 0) is 4.79 Å². The van der Waals surface area contributed by atoms with Crippen molar-refractivity contribution in [1.82, 2.24) is 4.98 Å². The molecule has 0 radical (unpaired) electrons. The monoisotopic (exact) mass is 503 g/mol. The van der Waals surface area contributed by atoms with Gasteiger partial charge in [0.2, 0.25) is 0 Å². The van der Waals surface area contributed by atoms with Crippen LogP contribution in [0.4, 0.5) is 0 Å². The number of aliphatic hydroxyl groups excluding tert-OH is 4. The lowest BCUT2D eigenvalue weighted by molar-refractivity contribution is -0.139. The summed E-state index contributed by atoms with van der Waals surface area (Å²) in [7, 11) is 0. The molecule has 0 spiro atoms. The van der Waals surface area contributed by atoms with Crippen molar-refractivity contribution < 1.29 is 34.7 Å². The molecule has 0 fully saturated rings. The van der Waals surface area contributed by atoms with Crippen LogP contribution in [0.15, 0.2) is 63.9 Å². The van der Waals surface area contributed by atoms with Gasteiger partial charge in [0.25, 0.3) is 0 Å². The van der Waals surface area contributed by atoms with Crippen LogP contribution in [-0.4, -0.2) is 60.9 Å². The molecule has 6 atom stereocenters. The molecule has 36 heavy (non-hydrogen) atoms. The Morgan fingerprint density at radius 1 is 1.03 bits per heavy atom. The largest absolute Gasteiger partial charge is 0.481 e. The summed E-state index contributed by atoms with van der Waals surface area (Å²) in [5.41, 5.74) is 2.98. The lowest BCUT2D eigenvalue weighted by atomic mass is 9.88. The van der Waals surface area contributed by atoms with Crippen molar-refractivity contribution in [3.05, 3.63) is 71.0 Å². The van der Waals surface area contributed by atoms with Gasteiger partial charge in [0.15, 0.2) is 5.89 Å². The number of oxazole rings is 1. The number of hydrogen-bond donors (Lipinski definition) is 5. The topological polar surface area (TPSA) is 144 Å². The number of carboxylic acid groups (broad SMARTS) is 1. The number of aliphatic hydroxyl groups is 4. The third kappa shape index (κ3) is 11.3. The predicted octanol–water partition coefficient (Wildman–Crippen LogP) is 3.97. The maximum absolute atomic E-state index is 10.7. The van der Waals surface area contributed by atoms with E-state index >= 15 is 0 Å². The van der Waals surface area contributed by atoms with Gasteiger partial charge < -0.3 is 29.9 Å². The molecule has 0 saturated heterocycles. The van der Waals surface area contributed by atoms with Crippen molar-refractivity contribution in [2.24, 2.45) is 11.8 Å². The first-order valence-electron chi connectivity index (χ1n) is 12.1. The molecule has 0 amide bonds. The molecule has 8 heteroatoms. The summed E-state index contributed by atoms with van der Waals surface area (Å²) in [6.07, 6.45) is 9.88. The first-order chi connectivity index (χ1) is 16.8. The highest BCUT2D eigenvalue weighted by atomic mass is 16.4. The lowest BCUT2D eigenvalue weighted by Crippen LogP contribution is -2.33. The molecule has 0 bridgehead atoms. The van der Waals surface area contributed by atoms with Gasteiger partial charge in [-0.05, 0) is 43.6 Å². The van der Waals surface area contributed by atoms with Crippen LogP contribution in [0.25, 0.3) is 6.08 Å². The van der Waals surface area contributed by atoms with Gasteiger partial charge in [-0.1, -0.05) is 50.3 Å². The lowest BCUT2D eigenvalue weighted by Gasteiger charge is -2.26. The summed E-state index contributed by atoms with van der Waals surface area (Å²) >= 11 is 0. The summed E-state index contributed by atoms with van der Waals surface area (Å²) in [6, 6.07) is 0. The number of aryl methyl sites for hydroxylation is 1. The number of allylic oxidation sites excluding steroid dienone is 6. The molecule has 1 aromatic rings. The number of carboxylic acids is 1. The molecular formula is C28H41NO7. The number of hydrogen-bond acceptors (Lipinski definition) is 7. The Morgan fingerprint density at radius 3 is 2.25 bits per heavy atom. The van der Waals surface area contributed by atoms with Gasteiger partial charge in [-0.25, -0.2) is 4.98 Å². The third-order valence-electron chi connectivity index (χ3n) is 6.06. The number of nitrogens with zero attached hydrogens (tertiary/aromatic N) is 1. The van der Waals surface area contributed by atoms with Crippen LogP contribution in [0, 0.1) is 18.8 Å². The second-order valence-electron chi connectivity index (χ2n) is 9.39. The van der Waals surface area contributed by atoms with Crippen LogP contribution < -0.4 is 0 Å². The van der Waals surface area contributed by atoms with Crippen LogP contribution in [0.3, 0.4) is 0 Å². The van der Waals surface area contributed by atoms with E-state index in [9.17, 15) is 25.2 Å². The molecule has 1 aromatic heterocycles. The van der Waals surface area contributed by atoms with E-state index in [1.807, 2.05) is 25.2 Å². The normalized spacial score (nSPS) is 18.9. The minimum absolute atomic E-state index is 0.0493. The molecule has 0 aliphatic heterocycles. The van der Waals surface area contributed by atoms with Gasteiger partial charge in [0.05, 0.1) is 30.8 Å². The van der Waals surface area contributed by atoms with Gasteiger partial charge in [-0.2, -0.15) is 0 Å². The standard InChI is InChI=1S/C28H41NO7/c1-17(13-23-16-36-22(6)29-23)9-7-12-20(4)28(35)21(5)26(32)14-24(30)18(2)10-8-11-19(3)25(31)15-27(33)34/h7-13,16,19,21,24-26,28,30-32,35H,14-15H2,1-6H3,(H,33,34).